The molecule has 2 saturated heterocycles. The van der Waals surface area contributed by atoms with Gasteiger partial charge >= 0.3 is 18.2 Å². The predicted octanol–water partition coefficient (Wildman–Crippen LogP) is 5.75. The van der Waals surface area contributed by atoms with Gasteiger partial charge in [-0.1, -0.05) is 39.0 Å². The van der Waals surface area contributed by atoms with Crippen molar-refractivity contribution in [3.05, 3.63) is 88.5 Å². The molecule has 1 unspecified atom stereocenters. The minimum absolute atomic E-state index is 0.0676. The Balaban J connectivity index is 1.35. The van der Waals surface area contributed by atoms with Crippen LogP contribution in [0.5, 0.6) is 0 Å². The van der Waals surface area contributed by atoms with Crippen molar-refractivity contribution in [2.45, 2.75) is 76.7 Å². The van der Waals surface area contributed by atoms with E-state index in [0.29, 0.717) is 19.1 Å². The van der Waals surface area contributed by atoms with E-state index in [-0.39, 0.29) is 28.0 Å². The Hall–Kier alpha value is -3.72. The van der Waals surface area contributed by atoms with Crippen molar-refractivity contribution < 1.29 is 14.0 Å². The van der Waals surface area contributed by atoms with Crippen LogP contribution in [0.1, 0.15) is 77.0 Å². The molecule has 0 spiro atoms. The Labute approximate surface area is 254 Å². The lowest BCUT2D eigenvalue weighted by atomic mass is 9.75. The first-order chi connectivity index (χ1) is 20.2. The summed E-state index contributed by atoms with van der Waals surface area (Å²) in [5.74, 6) is 0.993. The molecular weight excluding hydrogens is 540 g/mol. The maximum Gasteiger partial charge on any atom is 0.337 e. The zero-order valence-electron chi connectivity index (χ0n) is 26.6. The summed E-state index contributed by atoms with van der Waals surface area (Å²) in [6.07, 6.45) is 8.40. The maximum atomic E-state index is 14.1. The van der Waals surface area contributed by atoms with E-state index in [0.717, 1.165) is 54.4 Å². The van der Waals surface area contributed by atoms with Crippen LogP contribution in [0.3, 0.4) is 0 Å². The number of azo groups is 1. The lowest BCUT2D eigenvalue weighted by Gasteiger charge is -2.42. The van der Waals surface area contributed by atoms with Gasteiger partial charge in [-0.15, -0.1) is 0 Å². The molecule has 3 aromatic rings. The molecule has 3 aliphatic heterocycles. The number of benzene rings is 1. The fourth-order valence-corrected chi connectivity index (χ4v) is 6.37. The molecule has 0 amide bonds. The first-order valence-electron chi connectivity index (χ1n) is 15.2. The van der Waals surface area contributed by atoms with Crippen LogP contribution in [0.15, 0.2) is 70.2 Å². The van der Waals surface area contributed by atoms with Crippen molar-refractivity contribution >= 4 is 11.9 Å². The second-order valence-electron chi connectivity index (χ2n) is 14.4. The molecule has 6 rings (SSSR count). The molecule has 43 heavy (non-hydrogen) atoms. The topological polar surface area (TPSA) is 75.8 Å². The van der Waals surface area contributed by atoms with E-state index in [1.54, 1.807) is 10.9 Å². The van der Waals surface area contributed by atoms with Gasteiger partial charge in [0.05, 0.1) is 36.6 Å². The second kappa shape index (κ2) is 10.5. The Kier molecular flexibility index (Phi) is 7.15. The first-order valence-corrected chi connectivity index (χ1v) is 15.2. The van der Waals surface area contributed by atoms with Gasteiger partial charge in [0.25, 0.3) is 0 Å². The largest absolute Gasteiger partial charge is 0.474 e. The van der Waals surface area contributed by atoms with Crippen LogP contribution >= 0.6 is 0 Å². The molecule has 5 heterocycles. The van der Waals surface area contributed by atoms with Crippen LogP contribution in [0, 0.1) is 6.17 Å². The van der Waals surface area contributed by atoms with Crippen molar-refractivity contribution in [1.29, 1.82) is 0 Å². The predicted molar refractivity (Wildman–Crippen MR) is 168 cm³/mol. The van der Waals surface area contributed by atoms with Gasteiger partial charge in [-0.25, -0.2) is 9.37 Å². The fourth-order valence-electron chi connectivity index (χ4n) is 6.37. The average Bonchev–Trinajstić information content (AvgIpc) is 3.64. The summed E-state index contributed by atoms with van der Waals surface area (Å²) in [4.78, 5) is 16.3. The van der Waals surface area contributed by atoms with Gasteiger partial charge in [0, 0.05) is 43.2 Å². The third-order valence-electron chi connectivity index (χ3n) is 8.83. The molecule has 1 radical (unpaired) electrons. The van der Waals surface area contributed by atoms with Crippen molar-refractivity contribution in [2.75, 3.05) is 33.4 Å². The molecule has 0 aliphatic carbocycles. The highest BCUT2D eigenvalue weighted by Gasteiger charge is 2.46. The molecule has 0 saturated carbocycles. The highest BCUT2D eigenvalue weighted by atomic mass is 16.5. The molecule has 3 aliphatic rings. The Bertz CT molecular complexity index is 1680. The summed E-state index contributed by atoms with van der Waals surface area (Å²) < 4.78 is 17.4. The minimum atomic E-state index is -0.290. The zero-order chi connectivity index (χ0) is 30.7. The summed E-state index contributed by atoms with van der Waals surface area (Å²) >= 11 is 0. The van der Waals surface area contributed by atoms with Crippen LogP contribution in [0.4, 0.5) is 0 Å². The summed E-state index contributed by atoms with van der Waals surface area (Å²) in [7, 11) is 1.96. The number of fused-ring (bicyclic) bond motifs is 1. The Morgan fingerprint density at radius 1 is 1.16 bits per heavy atom. The van der Waals surface area contributed by atoms with Gasteiger partial charge in [-0.05, 0) is 73.1 Å². The van der Waals surface area contributed by atoms with Crippen molar-refractivity contribution in [3.8, 4) is 5.69 Å². The standard InChI is InChI=1S/C34H44N6O3/c1-23(43-33(5,6)7)38-13-12-24(17-38)25-14-28(32(2,3)4)29-19-39(31(41)40(29)18-25)27-11-9-10-26(15-27)34(20-42-21-34)16-30-36-35-22-37(30)8/h9-11,14-15,18-19,22,24H,1,12-13,16-17,20-21H2,2-8H3/q+1. The third-order valence-corrected chi connectivity index (χ3v) is 8.83. The molecule has 0 N–H and O–H groups in total. The van der Waals surface area contributed by atoms with E-state index in [9.17, 15) is 4.79 Å². The number of likely N-dealkylation sites (tertiary alicyclic amines) is 1. The molecule has 2 aromatic heterocycles. The lowest BCUT2D eigenvalue weighted by Crippen LogP contribution is -2.48. The van der Waals surface area contributed by atoms with E-state index < -0.39 is 0 Å². The molecular formula is C34H44N6O3+. The number of imidazole rings is 1. The zero-order valence-corrected chi connectivity index (χ0v) is 26.6. The van der Waals surface area contributed by atoms with E-state index >= 15 is 0 Å². The molecule has 1 aromatic carbocycles. The van der Waals surface area contributed by atoms with E-state index in [2.05, 4.69) is 60.7 Å². The summed E-state index contributed by atoms with van der Waals surface area (Å²) in [5.41, 5.74) is 4.55. The molecule has 2 fully saturated rings. The lowest BCUT2D eigenvalue weighted by molar-refractivity contribution is -0.478. The third kappa shape index (κ3) is 5.55. The normalized spacial score (nSPS) is 20.5. The van der Waals surface area contributed by atoms with Crippen LogP contribution < -0.4 is 5.69 Å². The van der Waals surface area contributed by atoms with Gasteiger partial charge in [-0.2, -0.15) is 0 Å². The van der Waals surface area contributed by atoms with Crippen LogP contribution in [-0.2, 0) is 20.3 Å². The quantitative estimate of drug-likeness (QED) is 0.262. The Morgan fingerprint density at radius 2 is 1.93 bits per heavy atom. The molecule has 0 bridgehead atoms. The number of hydrogen-bond acceptors (Lipinski definition) is 6. The molecule has 1 atom stereocenters. The summed E-state index contributed by atoms with van der Waals surface area (Å²) in [6.45, 7) is 19.9. The molecule has 227 valence electrons. The van der Waals surface area contributed by atoms with Crippen molar-refractivity contribution in [3.63, 3.8) is 0 Å². The molecule has 9 heteroatoms. The van der Waals surface area contributed by atoms with Gasteiger partial charge in [0.2, 0.25) is 0 Å². The number of rotatable bonds is 7. The Morgan fingerprint density at radius 3 is 2.56 bits per heavy atom. The maximum absolute atomic E-state index is 14.1. The van der Waals surface area contributed by atoms with E-state index in [1.807, 2.05) is 61.3 Å². The fraction of sp³-hybridized carbons (Fsp3) is 0.500. The summed E-state index contributed by atoms with van der Waals surface area (Å²) in [6, 6.07) is 10.6. The van der Waals surface area contributed by atoms with Crippen molar-refractivity contribution in [1.82, 2.24) is 13.9 Å². The number of hydrogen-bond donors (Lipinski definition) is 0. The van der Waals surface area contributed by atoms with Crippen LogP contribution in [0.25, 0.3) is 11.2 Å². The number of nitrogens with zero attached hydrogens (tertiary/aromatic N) is 6. The number of aromatic nitrogens is 2. The van der Waals surface area contributed by atoms with Gasteiger partial charge in [0.15, 0.2) is 5.88 Å². The van der Waals surface area contributed by atoms with Gasteiger partial charge in [0.1, 0.15) is 5.60 Å². The molecule has 9 nitrogen and oxygen atoms in total. The van der Waals surface area contributed by atoms with Crippen molar-refractivity contribution in [2.24, 2.45) is 10.2 Å². The average molecular weight is 585 g/mol. The van der Waals surface area contributed by atoms with Crippen LogP contribution in [-0.4, -0.2) is 63.7 Å². The first kappa shape index (κ1) is 29.4. The van der Waals surface area contributed by atoms with Crippen LogP contribution in [0.2, 0.25) is 0 Å². The highest BCUT2D eigenvalue weighted by Crippen LogP contribution is 2.41. The second-order valence-corrected chi connectivity index (χ2v) is 14.4. The van der Waals surface area contributed by atoms with E-state index in [1.165, 1.54) is 5.56 Å². The highest BCUT2D eigenvalue weighted by molar-refractivity contribution is 5.60. The minimum Gasteiger partial charge on any atom is -0.474 e. The van der Waals surface area contributed by atoms with E-state index in [4.69, 9.17) is 9.47 Å². The van der Waals surface area contributed by atoms with Gasteiger partial charge < -0.3 is 14.4 Å². The SMILES string of the molecule is C=C(OC(C)(C)C)N1CCC(c2cc(C(C)(C)C)c3cn(-c4cccc(C5(C[C]6N=NC=[N+]6C)COC5)c4)c(=O)n3c2)C1. The summed E-state index contributed by atoms with van der Waals surface area (Å²) in [5, 5.41) is 8.38. The number of pyridine rings is 1. The number of ether oxygens (including phenoxy) is 2. The monoisotopic (exact) mass is 584 g/mol. The smallest absolute Gasteiger partial charge is 0.337 e. The van der Waals surface area contributed by atoms with Gasteiger partial charge in [-0.3, -0.25) is 8.97 Å².